The fraction of sp³-hybridized carbons (Fsp3) is 0.200. The lowest BCUT2D eigenvalue weighted by Gasteiger charge is -2.19. The van der Waals surface area contributed by atoms with Gasteiger partial charge in [0.2, 0.25) is 0 Å². The minimum absolute atomic E-state index is 0.432. The van der Waals surface area contributed by atoms with Crippen molar-refractivity contribution in [3.63, 3.8) is 0 Å². The summed E-state index contributed by atoms with van der Waals surface area (Å²) in [5.41, 5.74) is 3.06. The Labute approximate surface area is 111 Å². The van der Waals surface area contributed by atoms with Gasteiger partial charge in [-0.15, -0.1) is 0 Å². The zero-order valence-corrected chi connectivity index (χ0v) is 10.4. The molecule has 1 atom stereocenters. The van der Waals surface area contributed by atoms with E-state index in [1.807, 2.05) is 36.4 Å². The first-order chi connectivity index (χ1) is 9.25. The number of carboxylic acids is 1. The number of aromatic nitrogens is 1. The van der Waals surface area contributed by atoms with E-state index in [4.69, 9.17) is 0 Å². The third-order valence-electron chi connectivity index (χ3n) is 3.48. The van der Waals surface area contributed by atoms with Crippen LogP contribution in [0.1, 0.15) is 17.0 Å². The number of hydrogen-bond donors (Lipinski definition) is 1. The molecule has 1 aromatic carbocycles. The topological polar surface area (TPSA) is 53.4 Å². The number of nitrogens with zero attached hydrogens (tertiary/aromatic N) is 2. The van der Waals surface area contributed by atoms with Crippen LogP contribution in [-0.2, 0) is 11.3 Å². The number of rotatable bonds is 3. The van der Waals surface area contributed by atoms with Gasteiger partial charge in [-0.2, -0.15) is 0 Å². The van der Waals surface area contributed by atoms with Gasteiger partial charge in [0.15, 0.2) is 0 Å². The van der Waals surface area contributed by atoms with E-state index in [0.29, 0.717) is 13.1 Å². The fourth-order valence-corrected chi connectivity index (χ4v) is 2.56. The van der Waals surface area contributed by atoms with Crippen LogP contribution in [0.2, 0.25) is 0 Å². The summed E-state index contributed by atoms with van der Waals surface area (Å²) in [5, 5.41) is 9.31. The number of fused-ring (bicyclic) bond motifs is 1. The van der Waals surface area contributed by atoms with Gasteiger partial charge in [-0.25, -0.2) is 0 Å². The van der Waals surface area contributed by atoms with Crippen molar-refractivity contribution in [2.45, 2.75) is 12.5 Å². The van der Waals surface area contributed by atoms with Crippen LogP contribution >= 0.6 is 0 Å². The molecule has 4 heteroatoms. The number of benzene rings is 1. The second kappa shape index (κ2) is 4.72. The van der Waals surface area contributed by atoms with Crippen LogP contribution in [0.5, 0.6) is 0 Å². The number of anilines is 1. The van der Waals surface area contributed by atoms with Crippen LogP contribution in [0.15, 0.2) is 48.8 Å². The zero-order chi connectivity index (χ0) is 13.2. The minimum Gasteiger partial charge on any atom is -0.481 e. The highest BCUT2D eigenvalue weighted by Crippen LogP contribution is 2.36. The number of aliphatic carboxylic acids is 1. The van der Waals surface area contributed by atoms with Gasteiger partial charge in [-0.1, -0.05) is 18.2 Å². The molecule has 96 valence electrons. The molecule has 0 fully saturated rings. The molecule has 0 spiro atoms. The highest BCUT2D eigenvalue weighted by atomic mass is 16.4. The normalized spacial score (nSPS) is 17.3. The summed E-state index contributed by atoms with van der Waals surface area (Å²) < 4.78 is 0. The van der Waals surface area contributed by atoms with Crippen molar-refractivity contribution in [3.8, 4) is 0 Å². The molecule has 1 unspecified atom stereocenters. The van der Waals surface area contributed by atoms with E-state index in [2.05, 4.69) is 9.88 Å². The Kier molecular flexibility index (Phi) is 2.91. The second-order valence-corrected chi connectivity index (χ2v) is 4.69. The molecule has 3 rings (SSSR count). The molecule has 1 aromatic heterocycles. The SMILES string of the molecule is O=C(O)C1CN(Cc2ccncc2)c2ccccc21. The van der Waals surface area contributed by atoms with Crippen LogP contribution in [-0.4, -0.2) is 22.6 Å². The maximum atomic E-state index is 11.3. The van der Waals surface area contributed by atoms with Crippen molar-refractivity contribution in [1.82, 2.24) is 4.98 Å². The summed E-state index contributed by atoms with van der Waals surface area (Å²) in [6.45, 7) is 1.24. The summed E-state index contributed by atoms with van der Waals surface area (Å²) >= 11 is 0. The molecule has 0 bridgehead atoms. The van der Waals surface area contributed by atoms with E-state index < -0.39 is 11.9 Å². The van der Waals surface area contributed by atoms with Gasteiger partial charge in [-0.05, 0) is 29.3 Å². The molecule has 0 saturated carbocycles. The van der Waals surface area contributed by atoms with E-state index >= 15 is 0 Å². The van der Waals surface area contributed by atoms with Crippen LogP contribution < -0.4 is 4.90 Å². The van der Waals surface area contributed by atoms with Crippen molar-refractivity contribution >= 4 is 11.7 Å². The largest absolute Gasteiger partial charge is 0.481 e. The predicted octanol–water partition coefficient (Wildman–Crippen LogP) is 2.27. The lowest BCUT2D eigenvalue weighted by molar-refractivity contribution is -0.138. The molecule has 1 aliphatic rings. The van der Waals surface area contributed by atoms with Crippen LogP contribution in [0, 0.1) is 0 Å². The monoisotopic (exact) mass is 254 g/mol. The summed E-state index contributed by atoms with van der Waals surface area (Å²) in [7, 11) is 0. The molecular formula is C15H14N2O2. The average Bonchev–Trinajstić information content (AvgIpc) is 2.79. The Morgan fingerprint density at radius 1 is 1.26 bits per heavy atom. The summed E-state index contributed by atoms with van der Waals surface area (Å²) in [4.78, 5) is 17.4. The van der Waals surface area contributed by atoms with Gasteiger partial charge in [0, 0.05) is 31.2 Å². The van der Waals surface area contributed by atoms with E-state index in [9.17, 15) is 9.90 Å². The zero-order valence-electron chi connectivity index (χ0n) is 10.4. The molecular weight excluding hydrogens is 240 g/mol. The molecule has 0 amide bonds. The number of pyridine rings is 1. The highest BCUT2D eigenvalue weighted by Gasteiger charge is 2.32. The van der Waals surface area contributed by atoms with Crippen molar-refractivity contribution < 1.29 is 9.90 Å². The number of carboxylic acid groups (broad SMARTS) is 1. The highest BCUT2D eigenvalue weighted by molar-refractivity contribution is 5.82. The standard InChI is InChI=1S/C15H14N2O2/c18-15(19)13-10-17(9-11-5-7-16-8-6-11)14-4-2-1-3-12(13)14/h1-8,13H,9-10H2,(H,18,19). The van der Waals surface area contributed by atoms with Gasteiger partial charge < -0.3 is 10.0 Å². The molecule has 0 saturated heterocycles. The molecule has 0 aliphatic carbocycles. The van der Waals surface area contributed by atoms with Crippen molar-refractivity contribution in [2.24, 2.45) is 0 Å². The van der Waals surface area contributed by atoms with Gasteiger partial charge >= 0.3 is 5.97 Å². The molecule has 4 nitrogen and oxygen atoms in total. The molecule has 2 heterocycles. The van der Waals surface area contributed by atoms with Crippen molar-refractivity contribution in [1.29, 1.82) is 0 Å². The summed E-state index contributed by atoms with van der Waals surface area (Å²) in [6.07, 6.45) is 3.51. The van der Waals surface area contributed by atoms with Crippen LogP contribution in [0.25, 0.3) is 0 Å². The Hall–Kier alpha value is -2.36. The van der Waals surface area contributed by atoms with E-state index in [1.54, 1.807) is 12.4 Å². The van der Waals surface area contributed by atoms with Gasteiger partial charge in [-0.3, -0.25) is 9.78 Å². The molecule has 2 aromatic rings. The van der Waals surface area contributed by atoms with E-state index in [1.165, 1.54) is 0 Å². The van der Waals surface area contributed by atoms with Crippen molar-refractivity contribution in [3.05, 3.63) is 59.9 Å². The first kappa shape index (κ1) is 11.7. The lowest BCUT2D eigenvalue weighted by atomic mass is 10.0. The minimum atomic E-state index is -0.760. The average molecular weight is 254 g/mol. The van der Waals surface area contributed by atoms with Gasteiger partial charge in [0.05, 0.1) is 0 Å². The van der Waals surface area contributed by atoms with Gasteiger partial charge in [0.1, 0.15) is 5.92 Å². The van der Waals surface area contributed by atoms with E-state index in [-0.39, 0.29) is 0 Å². The predicted molar refractivity (Wildman–Crippen MR) is 72.1 cm³/mol. The van der Waals surface area contributed by atoms with Crippen LogP contribution in [0.4, 0.5) is 5.69 Å². The number of carbonyl (C=O) groups is 1. The van der Waals surface area contributed by atoms with E-state index in [0.717, 1.165) is 16.8 Å². The maximum Gasteiger partial charge on any atom is 0.312 e. The molecule has 1 aliphatic heterocycles. The Bertz CT molecular complexity index is 598. The second-order valence-electron chi connectivity index (χ2n) is 4.69. The van der Waals surface area contributed by atoms with Gasteiger partial charge in [0.25, 0.3) is 0 Å². The Morgan fingerprint density at radius 2 is 2.00 bits per heavy atom. The smallest absolute Gasteiger partial charge is 0.312 e. The quantitative estimate of drug-likeness (QED) is 0.913. The first-order valence-electron chi connectivity index (χ1n) is 6.21. The third kappa shape index (κ3) is 2.17. The summed E-state index contributed by atoms with van der Waals surface area (Å²) in [6, 6.07) is 11.6. The number of hydrogen-bond acceptors (Lipinski definition) is 3. The Balaban J connectivity index is 1.91. The number of para-hydroxylation sites is 1. The molecule has 19 heavy (non-hydrogen) atoms. The first-order valence-corrected chi connectivity index (χ1v) is 6.21. The molecule has 1 N–H and O–H groups in total. The Morgan fingerprint density at radius 3 is 2.74 bits per heavy atom. The third-order valence-corrected chi connectivity index (χ3v) is 3.48. The maximum absolute atomic E-state index is 11.3. The molecule has 0 radical (unpaired) electrons. The fourth-order valence-electron chi connectivity index (χ4n) is 2.56. The van der Waals surface area contributed by atoms with Crippen molar-refractivity contribution in [2.75, 3.05) is 11.4 Å². The van der Waals surface area contributed by atoms with Crippen LogP contribution in [0.3, 0.4) is 0 Å². The summed E-state index contributed by atoms with van der Waals surface area (Å²) in [5.74, 6) is -1.19. The lowest BCUT2D eigenvalue weighted by Crippen LogP contribution is -2.24.